The van der Waals surface area contributed by atoms with Crippen molar-refractivity contribution in [3.63, 3.8) is 0 Å². The van der Waals surface area contributed by atoms with E-state index in [-0.39, 0.29) is 0 Å². The normalized spacial score (nSPS) is 20.7. The highest BCUT2D eigenvalue weighted by atomic mass is 15.3. The maximum absolute atomic E-state index is 5.04. The molecule has 1 saturated heterocycles. The lowest BCUT2D eigenvalue weighted by Gasteiger charge is -2.26. The Hall–Kier alpha value is -1.91. The number of aromatic nitrogens is 4. The molecule has 1 aliphatic carbocycles. The Morgan fingerprint density at radius 1 is 1.12 bits per heavy atom. The van der Waals surface area contributed by atoms with E-state index in [4.69, 9.17) is 9.97 Å². The zero-order valence-corrected chi connectivity index (χ0v) is 15.0. The highest BCUT2D eigenvalue weighted by Gasteiger charge is 2.32. The number of anilines is 1. The minimum absolute atomic E-state index is 0.343. The maximum Gasteiger partial charge on any atom is 0.133 e. The highest BCUT2D eigenvalue weighted by molar-refractivity contribution is 5.42. The lowest BCUT2D eigenvalue weighted by Crippen LogP contribution is -2.26. The Morgan fingerprint density at radius 2 is 1.96 bits per heavy atom. The molecule has 1 aliphatic heterocycles. The summed E-state index contributed by atoms with van der Waals surface area (Å²) in [5, 5.41) is 0. The van der Waals surface area contributed by atoms with Crippen LogP contribution >= 0.6 is 0 Å². The molecule has 0 N–H and O–H groups in total. The summed E-state index contributed by atoms with van der Waals surface area (Å²) in [6, 6.07) is 2.39. The summed E-state index contributed by atoms with van der Waals surface area (Å²) in [7, 11) is 2.20. The SMILES string of the molecule is CC(C)c1nccc(N2CCC[C@@H]2c2nc3c(n2C)CCCC3)n1. The van der Waals surface area contributed by atoms with E-state index in [1.54, 1.807) is 0 Å². The van der Waals surface area contributed by atoms with Gasteiger partial charge in [0.2, 0.25) is 0 Å². The van der Waals surface area contributed by atoms with Crippen LogP contribution in [0.15, 0.2) is 12.3 Å². The summed E-state index contributed by atoms with van der Waals surface area (Å²) >= 11 is 0. The van der Waals surface area contributed by atoms with Gasteiger partial charge in [0, 0.05) is 31.4 Å². The number of hydrogen-bond donors (Lipinski definition) is 0. The van der Waals surface area contributed by atoms with Gasteiger partial charge in [-0.2, -0.15) is 0 Å². The lowest BCUT2D eigenvalue weighted by molar-refractivity contribution is 0.605. The third-order valence-electron chi connectivity index (χ3n) is 5.43. The molecule has 5 heteroatoms. The first-order valence-corrected chi connectivity index (χ1v) is 9.29. The Balaban J connectivity index is 1.68. The predicted octanol–water partition coefficient (Wildman–Crippen LogP) is 3.55. The summed E-state index contributed by atoms with van der Waals surface area (Å²) in [6.07, 6.45) is 9.15. The largest absolute Gasteiger partial charge is 0.346 e. The van der Waals surface area contributed by atoms with Crippen molar-refractivity contribution in [1.82, 2.24) is 19.5 Å². The summed E-state index contributed by atoms with van der Waals surface area (Å²) in [5.74, 6) is 3.56. The van der Waals surface area contributed by atoms with Crippen LogP contribution in [0, 0.1) is 0 Å². The molecule has 3 heterocycles. The van der Waals surface area contributed by atoms with Gasteiger partial charge in [0.05, 0.1) is 11.7 Å². The van der Waals surface area contributed by atoms with Gasteiger partial charge in [-0.1, -0.05) is 13.8 Å². The molecule has 2 aromatic heterocycles. The number of fused-ring (bicyclic) bond motifs is 1. The first kappa shape index (κ1) is 15.6. The number of nitrogens with zero attached hydrogens (tertiary/aromatic N) is 5. The third-order valence-corrected chi connectivity index (χ3v) is 5.43. The molecule has 0 unspecified atom stereocenters. The fraction of sp³-hybridized carbons (Fsp3) is 0.632. The average Bonchev–Trinajstić information content (AvgIpc) is 3.20. The fourth-order valence-electron chi connectivity index (χ4n) is 4.12. The topological polar surface area (TPSA) is 46.8 Å². The Labute approximate surface area is 144 Å². The van der Waals surface area contributed by atoms with Crippen LogP contribution in [-0.2, 0) is 19.9 Å². The zero-order valence-electron chi connectivity index (χ0n) is 15.0. The number of aryl methyl sites for hydroxylation is 1. The van der Waals surface area contributed by atoms with Crippen LogP contribution in [0.1, 0.15) is 74.5 Å². The second-order valence-electron chi connectivity index (χ2n) is 7.41. The first-order chi connectivity index (χ1) is 11.6. The highest BCUT2D eigenvalue weighted by Crippen LogP contribution is 2.36. The number of hydrogen-bond acceptors (Lipinski definition) is 4. The lowest BCUT2D eigenvalue weighted by atomic mass is 10.0. The van der Waals surface area contributed by atoms with Gasteiger partial charge in [0.15, 0.2) is 0 Å². The van der Waals surface area contributed by atoms with Gasteiger partial charge in [0.1, 0.15) is 17.5 Å². The van der Waals surface area contributed by atoms with Crippen molar-refractivity contribution in [2.75, 3.05) is 11.4 Å². The molecule has 0 bridgehead atoms. The molecule has 0 radical (unpaired) electrons. The van der Waals surface area contributed by atoms with Gasteiger partial charge in [0.25, 0.3) is 0 Å². The summed E-state index contributed by atoms with van der Waals surface area (Å²) in [4.78, 5) is 16.7. The van der Waals surface area contributed by atoms with E-state index >= 15 is 0 Å². The van der Waals surface area contributed by atoms with Crippen molar-refractivity contribution in [3.8, 4) is 0 Å². The van der Waals surface area contributed by atoms with Gasteiger partial charge in [-0.25, -0.2) is 15.0 Å². The molecule has 0 spiro atoms. The molecule has 2 aliphatic rings. The zero-order chi connectivity index (χ0) is 16.7. The molecule has 0 amide bonds. The van der Waals surface area contributed by atoms with Gasteiger partial charge in [-0.15, -0.1) is 0 Å². The van der Waals surface area contributed by atoms with Crippen LogP contribution in [0.5, 0.6) is 0 Å². The third kappa shape index (κ3) is 2.60. The Bertz CT molecular complexity index is 733. The number of imidazole rings is 1. The van der Waals surface area contributed by atoms with Crippen molar-refractivity contribution in [2.24, 2.45) is 7.05 Å². The summed E-state index contributed by atoms with van der Waals surface area (Å²) in [5.41, 5.74) is 2.78. The van der Waals surface area contributed by atoms with Crippen LogP contribution < -0.4 is 4.90 Å². The Morgan fingerprint density at radius 3 is 2.75 bits per heavy atom. The molecule has 4 rings (SSSR count). The second-order valence-corrected chi connectivity index (χ2v) is 7.41. The van der Waals surface area contributed by atoms with E-state index in [1.165, 1.54) is 42.9 Å². The standard InChI is InChI=1S/C19H27N5/c1-13(2)18-20-11-10-17(22-18)24-12-6-9-16(24)19-21-14-7-4-5-8-15(14)23(19)3/h10-11,13,16H,4-9,12H2,1-3H3/t16-/m1/s1. The van der Waals surface area contributed by atoms with E-state index in [9.17, 15) is 0 Å². The van der Waals surface area contributed by atoms with Crippen molar-refractivity contribution in [2.45, 2.75) is 64.3 Å². The smallest absolute Gasteiger partial charge is 0.133 e. The molecule has 1 fully saturated rings. The van der Waals surface area contributed by atoms with E-state index in [1.807, 2.05) is 12.3 Å². The van der Waals surface area contributed by atoms with Crippen LogP contribution in [0.4, 0.5) is 5.82 Å². The minimum atomic E-state index is 0.343. The van der Waals surface area contributed by atoms with Gasteiger partial charge in [-0.3, -0.25) is 0 Å². The molecule has 1 atom stereocenters. The molecule has 128 valence electrons. The predicted molar refractivity (Wildman–Crippen MR) is 95.3 cm³/mol. The quantitative estimate of drug-likeness (QED) is 0.866. The number of rotatable bonds is 3. The maximum atomic E-state index is 5.04. The van der Waals surface area contributed by atoms with Gasteiger partial charge < -0.3 is 9.47 Å². The van der Waals surface area contributed by atoms with Crippen molar-refractivity contribution >= 4 is 5.82 Å². The summed E-state index contributed by atoms with van der Waals surface area (Å²) < 4.78 is 2.36. The van der Waals surface area contributed by atoms with E-state index in [2.05, 4.69) is 35.3 Å². The minimum Gasteiger partial charge on any atom is -0.346 e. The van der Waals surface area contributed by atoms with E-state index in [0.717, 1.165) is 31.0 Å². The molecule has 24 heavy (non-hydrogen) atoms. The summed E-state index contributed by atoms with van der Waals surface area (Å²) in [6.45, 7) is 5.34. The molecule has 0 aromatic carbocycles. The average molecular weight is 325 g/mol. The molecule has 0 saturated carbocycles. The fourth-order valence-corrected chi connectivity index (χ4v) is 4.12. The monoisotopic (exact) mass is 325 g/mol. The van der Waals surface area contributed by atoms with Crippen LogP contribution in [0.2, 0.25) is 0 Å². The van der Waals surface area contributed by atoms with E-state index in [0.29, 0.717) is 12.0 Å². The molecular formula is C19H27N5. The van der Waals surface area contributed by atoms with Gasteiger partial charge >= 0.3 is 0 Å². The van der Waals surface area contributed by atoms with Crippen molar-refractivity contribution < 1.29 is 0 Å². The van der Waals surface area contributed by atoms with Crippen LogP contribution in [0.3, 0.4) is 0 Å². The Kier molecular flexibility index (Phi) is 4.02. The van der Waals surface area contributed by atoms with Crippen LogP contribution in [0.25, 0.3) is 0 Å². The van der Waals surface area contributed by atoms with Crippen molar-refractivity contribution in [1.29, 1.82) is 0 Å². The van der Waals surface area contributed by atoms with Gasteiger partial charge in [-0.05, 0) is 44.6 Å². The van der Waals surface area contributed by atoms with Crippen LogP contribution in [-0.4, -0.2) is 26.1 Å². The van der Waals surface area contributed by atoms with Crippen molar-refractivity contribution in [3.05, 3.63) is 35.3 Å². The molecular weight excluding hydrogens is 298 g/mol. The molecule has 5 nitrogen and oxygen atoms in total. The second kappa shape index (κ2) is 6.19. The molecule has 2 aromatic rings. The first-order valence-electron chi connectivity index (χ1n) is 9.29. The van der Waals surface area contributed by atoms with E-state index < -0.39 is 0 Å².